The van der Waals surface area contributed by atoms with Gasteiger partial charge in [-0.1, -0.05) is 58.4 Å². The van der Waals surface area contributed by atoms with Crippen molar-refractivity contribution < 1.29 is 24.6 Å². The SMILES string of the molecule is O=C1[n+]2cc(-c3ccc(O)cc3)nc(Cc3ccccc3)c2N[C@@]1(Cc1ccc(Br)cc1)OO. The van der Waals surface area contributed by atoms with Crippen molar-refractivity contribution in [2.24, 2.45) is 0 Å². The molecule has 0 unspecified atom stereocenters. The number of hydrogen-bond acceptors (Lipinski definition) is 6. The summed E-state index contributed by atoms with van der Waals surface area (Å²) >= 11 is 3.41. The fourth-order valence-electron chi connectivity index (χ4n) is 4.07. The van der Waals surface area contributed by atoms with Gasteiger partial charge in [-0.3, -0.25) is 0 Å². The van der Waals surface area contributed by atoms with E-state index >= 15 is 0 Å². The van der Waals surface area contributed by atoms with E-state index in [0.29, 0.717) is 23.6 Å². The molecule has 1 aliphatic heterocycles. The fourth-order valence-corrected chi connectivity index (χ4v) is 4.34. The first-order chi connectivity index (χ1) is 16.5. The number of halogens is 1. The Hall–Kier alpha value is -3.59. The van der Waals surface area contributed by atoms with Crippen molar-refractivity contribution in [3.8, 4) is 17.0 Å². The molecular formula is C26H21BrN3O4+. The van der Waals surface area contributed by atoms with Crippen LogP contribution in [0.15, 0.2) is 89.5 Å². The predicted octanol–water partition coefficient (Wildman–Crippen LogP) is 4.59. The third-order valence-electron chi connectivity index (χ3n) is 5.81. The number of anilines is 1. The van der Waals surface area contributed by atoms with E-state index in [0.717, 1.165) is 21.2 Å². The van der Waals surface area contributed by atoms with Crippen molar-refractivity contribution in [2.75, 3.05) is 5.32 Å². The van der Waals surface area contributed by atoms with Gasteiger partial charge in [0, 0.05) is 16.5 Å². The molecule has 1 aliphatic rings. The summed E-state index contributed by atoms with van der Waals surface area (Å²) in [5.41, 5.74) is 2.06. The van der Waals surface area contributed by atoms with Gasteiger partial charge in [0.2, 0.25) is 0 Å². The molecule has 0 bridgehead atoms. The molecule has 0 aliphatic carbocycles. The van der Waals surface area contributed by atoms with Gasteiger partial charge in [-0.15, -0.1) is 0 Å². The smallest absolute Gasteiger partial charge is 0.394 e. The summed E-state index contributed by atoms with van der Waals surface area (Å²) in [5.74, 6) is 0.147. The Balaban J connectivity index is 1.60. The number of fused-ring (bicyclic) bond motifs is 1. The zero-order valence-corrected chi connectivity index (χ0v) is 19.6. The van der Waals surface area contributed by atoms with Crippen LogP contribution in [0.4, 0.5) is 5.82 Å². The zero-order valence-electron chi connectivity index (χ0n) is 18.0. The van der Waals surface area contributed by atoms with Crippen molar-refractivity contribution >= 4 is 27.7 Å². The summed E-state index contributed by atoms with van der Waals surface area (Å²) in [6, 6.07) is 23.9. The lowest BCUT2D eigenvalue weighted by Crippen LogP contribution is -2.54. The Kier molecular flexibility index (Phi) is 5.87. The van der Waals surface area contributed by atoms with Crippen molar-refractivity contribution in [3.05, 3.63) is 106 Å². The van der Waals surface area contributed by atoms with Gasteiger partial charge in [0.1, 0.15) is 23.3 Å². The van der Waals surface area contributed by atoms with Crippen LogP contribution < -0.4 is 9.88 Å². The van der Waals surface area contributed by atoms with Gasteiger partial charge < -0.3 is 5.11 Å². The lowest BCUT2D eigenvalue weighted by molar-refractivity contribution is -0.558. The standard InChI is InChI=1S/C26H20BrN3O4/c27-20-10-6-18(7-11-20)15-26(34-33)25(32)30-16-23(19-8-12-21(31)13-9-19)28-22(24(30)29-26)14-17-4-2-1-3-5-17/h1-13,16,31,33H,14-15H2/p+1/t26-/m0/s1. The Bertz CT molecular complexity index is 1350. The first kappa shape index (κ1) is 22.2. The topological polar surface area (TPSA) is 95.6 Å². The molecule has 4 aromatic rings. The lowest BCUT2D eigenvalue weighted by atomic mass is 10.0. The second-order valence-corrected chi connectivity index (χ2v) is 9.07. The van der Waals surface area contributed by atoms with Gasteiger partial charge in [-0.2, -0.15) is 9.45 Å². The fraction of sp³-hybridized carbons (Fsp3) is 0.115. The maximum atomic E-state index is 13.6. The van der Waals surface area contributed by atoms with E-state index in [9.17, 15) is 15.2 Å². The summed E-state index contributed by atoms with van der Waals surface area (Å²) < 4.78 is 2.36. The van der Waals surface area contributed by atoms with Crippen LogP contribution in [0, 0.1) is 0 Å². The summed E-state index contributed by atoms with van der Waals surface area (Å²) in [6.07, 6.45) is 2.19. The number of benzene rings is 3. The number of phenols is 1. The summed E-state index contributed by atoms with van der Waals surface area (Å²) in [5, 5.41) is 22.7. The van der Waals surface area contributed by atoms with Crippen LogP contribution in [0.3, 0.4) is 0 Å². The molecule has 0 saturated heterocycles. The van der Waals surface area contributed by atoms with E-state index in [1.807, 2.05) is 54.6 Å². The number of rotatable bonds is 6. The molecule has 1 aromatic heterocycles. The largest absolute Gasteiger partial charge is 0.508 e. The van der Waals surface area contributed by atoms with E-state index in [-0.39, 0.29) is 12.2 Å². The minimum Gasteiger partial charge on any atom is -0.508 e. The van der Waals surface area contributed by atoms with E-state index < -0.39 is 11.6 Å². The monoisotopic (exact) mass is 518 g/mol. The number of nitrogens with one attached hydrogen (secondary N) is 1. The van der Waals surface area contributed by atoms with Crippen molar-refractivity contribution in [3.63, 3.8) is 0 Å². The van der Waals surface area contributed by atoms with Crippen molar-refractivity contribution in [1.82, 2.24) is 4.98 Å². The number of aromatic hydroxyl groups is 1. The molecular weight excluding hydrogens is 498 g/mol. The van der Waals surface area contributed by atoms with Crippen LogP contribution in [0.2, 0.25) is 0 Å². The van der Waals surface area contributed by atoms with Crippen LogP contribution in [-0.4, -0.2) is 27.0 Å². The average molecular weight is 519 g/mol. The Morgan fingerprint density at radius 1 is 0.971 bits per heavy atom. The van der Waals surface area contributed by atoms with E-state index in [4.69, 9.17) is 9.87 Å². The third kappa shape index (κ3) is 4.19. The van der Waals surface area contributed by atoms with Crippen molar-refractivity contribution in [2.45, 2.75) is 18.6 Å². The Labute approximate surface area is 204 Å². The highest BCUT2D eigenvalue weighted by molar-refractivity contribution is 9.10. The normalized spacial score (nSPS) is 16.8. The third-order valence-corrected chi connectivity index (χ3v) is 6.33. The van der Waals surface area contributed by atoms with E-state index in [1.54, 1.807) is 30.5 Å². The lowest BCUT2D eigenvalue weighted by Gasteiger charge is -2.17. The molecule has 0 amide bonds. The van der Waals surface area contributed by atoms with Gasteiger partial charge in [0.05, 0.1) is 6.42 Å². The highest BCUT2D eigenvalue weighted by Crippen LogP contribution is 2.31. The number of nitrogens with zero attached hydrogens (tertiary/aromatic N) is 2. The first-order valence-corrected chi connectivity index (χ1v) is 11.5. The first-order valence-electron chi connectivity index (χ1n) is 10.7. The van der Waals surface area contributed by atoms with Gasteiger partial charge in [0.15, 0.2) is 0 Å². The number of phenolic OH excluding ortho intramolecular Hbond substituents is 1. The van der Waals surface area contributed by atoms with Crippen LogP contribution in [-0.2, 0) is 17.7 Å². The van der Waals surface area contributed by atoms with E-state index in [2.05, 4.69) is 21.2 Å². The summed E-state index contributed by atoms with van der Waals surface area (Å²) in [4.78, 5) is 23.3. The summed E-state index contributed by atoms with van der Waals surface area (Å²) in [6.45, 7) is 0. The molecule has 3 N–H and O–H groups in total. The minimum absolute atomic E-state index is 0.108. The number of aromatic nitrogens is 2. The zero-order chi connectivity index (χ0) is 23.7. The van der Waals surface area contributed by atoms with Gasteiger partial charge in [0.25, 0.3) is 0 Å². The van der Waals surface area contributed by atoms with Crippen LogP contribution in [0.1, 0.15) is 21.6 Å². The number of hydrogen-bond donors (Lipinski definition) is 3. The molecule has 2 heterocycles. The maximum absolute atomic E-state index is 13.6. The molecule has 0 fully saturated rings. The molecule has 0 saturated carbocycles. The molecule has 3 aromatic carbocycles. The Morgan fingerprint density at radius 2 is 1.68 bits per heavy atom. The highest BCUT2D eigenvalue weighted by atomic mass is 79.9. The second kappa shape index (κ2) is 8.98. The average Bonchev–Trinajstić information content (AvgIpc) is 3.14. The molecule has 0 spiro atoms. The predicted molar refractivity (Wildman–Crippen MR) is 129 cm³/mol. The van der Waals surface area contributed by atoms with Crippen LogP contribution in [0.25, 0.3) is 11.3 Å². The van der Waals surface area contributed by atoms with Gasteiger partial charge >= 0.3 is 17.5 Å². The minimum atomic E-state index is -1.69. The second-order valence-electron chi connectivity index (χ2n) is 8.15. The maximum Gasteiger partial charge on any atom is 0.394 e. The van der Waals surface area contributed by atoms with Crippen LogP contribution >= 0.6 is 15.9 Å². The van der Waals surface area contributed by atoms with E-state index in [1.165, 1.54) is 4.57 Å². The molecule has 7 nitrogen and oxygen atoms in total. The summed E-state index contributed by atoms with van der Waals surface area (Å²) in [7, 11) is 0. The molecule has 1 atom stereocenters. The number of carbonyl (C=O) groups excluding carboxylic acids is 1. The molecule has 34 heavy (non-hydrogen) atoms. The molecule has 0 radical (unpaired) electrons. The highest BCUT2D eigenvalue weighted by Gasteiger charge is 2.57. The molecule has 5 rings (SSSR count). The molecule has 170 valence electrons. The molecule has 8 heteroatoms. The van der Waals surface area contributed by atoms with Crippen molar-refractivity contribution in [1.29, 1.82) is 0 Å². The van der Waals surface area contributed by atoms with Crippen LogP contribution in [0.5, 0.6) is 5.75 Å². The Morgan fingerprint density at radius 3 is 2.35 bits per heavy atom. The quantitative estimate of drug-likeness (QED) is 0.196. The van der Waals surface area contributed by atoms with Gasteiger partial charge in [-0.05, 0) is 47.5 Å². The number of carbonyl (C=O) groups is 1. The van der Waals surface area contributed by atoms with Gasteiger partial charge in [-0.25, -0.2) is 20.4 Å².